The van der Waals surface area contributed by atoms with Gasteiger partial charge in [-0.25, -0.2) is 0 Å². The quantitative estimate of drug-likeness (QED) is 0.0111. The van der Waals surface area contributed by atoms with Crippen LogP contribution in [0.1, 0.15) is 242 Å². The number of aliphatic carboxylic acids is 2. The molecule has 0 bridgehead atoms. The van der Waals surface area contributed by atoms with Gasteiger partial charge in [-0.3, -0.25) is 19.2 Å². The average Bonchev–Trinajstić information content (AvgIpc) is 1.68. The predicted octanol–water partition coefficient (Wildman–Crippen LogP) is 14.3. The van der Waals surface area contributed by atoms with E-state index in [0.717, 1.165) is 70.6 Å². The number of hydrogen-bond donors (Lipinski definition) is 13. The van der Waals surface area contributed by atoms with Gasteiger partial charge in [0.05, 0.1) is 73.2 Å². The van der Waals surface area contributed by atoms with E-state index in [1.807, 2.05) is 117 Å². The molecule has 0 unspecified atom stereocenters. The smallest absolute Gasteiger partial charge is 0.306 e. The maximum Gasteiger partial charge on any atom is 0.306 e. The van der Waals surface area contributed by atoms with Crippen LogP contribution in [0.4, 0.5) is 0 Å². The SMILES string of the molecule is CC(C)OC(=O)CCC/C=C\C[C@@H]1[C@@H](CC[C@@H](O)CCc2ccccc2)[C@H](O)C[C@@H]1O.O=C(O)CCC/C=C\C[C@@H]1[C@@H](CC[C@@H](O)CCc2ccccc2)[C@H](O)C[C@@H]1O.O=C(O)CCC/C=C\C[C@@H]1[C@@H](CC[C@@H](O)CCc2ccccc2)[C@H](O)C[C@@H]1O.O=C1CCC/C=C\C[C@@H]2[C@@H](CC[C@@H](O)CCc3ccccc3)[C@H](O)C[C@@H]2O1.[OH-].[OH-]. The van der Waals surface area contributed by atoms with Gasteiger partial charge >= 0.3 is 23.9 Å². The summed E-state index contributed by atoms with van der Waals surface area (Å²) in [7, 11) is 0. The molecular weight excluding hydrogens is 1480 g/mol. The molecule has 21 heteroatoms. The summed E-state index contributed by atoms with van der Waals surface area (Å²) in [5.41, 5.74) is 4.88. The first-order valence-corrected chi connectivity index (χ1v) is 43.0. The van der Waals surface area contributed by atoms with Gasteiger partial charge in [-0.2, -0.15) is 0 Å². The number of esters is 2. The maximum atomic E-state index is 12.0. The second-order valence-electron chi connectivity index (χ2n) is 33.0. The Balaban J connectivity index is 0.000000324. The van der Waals surface area contributed by atoms with Crippen molar-refractivity contribution in [2.24, 2.45) is 47.3 Å². The number of aliphatic hydroxyl groups is 11. The monoisotopic (exact) mass is 1620 g/mol. The molecule has 0 amide bonds. The molecule has 4 aromatic carbocycles. The Hall–Kier alpha value is -6.80. The molecule has 5 aliphatic rings. The molecule has 4 aliphatic carbocycles. The molecule has 1 heterocycles. The fraction of sp³-hybridized carbons (Fsp3) is 0.621. The van der Waals surface area contributed by atoms with Gasteiger partial charge in [0.25, 0.3) is 0 Å². The number of fused-ring (bicyclic) bond motifs is 1. The van der Waals surface area contributed by atoms with E-state index in [1.54, 1.807) is 0 Å². The van der Waals surface area contributed by atoms with E-state index in [4.69, 9.17) is 19.7 Å². The summed E-state index contributed by atoms with van der Waals surface area (Å²) in [6.07, 6.45) is 34.3. The molecule has 21 nitrogen and oxygen atoms in total. The third kappa shape index (κ3) is 40.3. The minimum Gasteiger partial charge on any atom is -0.870 e. The van der Waals surface area contributed by atoms with Gasteiger partial charge in [-0.15, -0.1) is 0 Å². The lowest BCUT2D eigenvalue weighted by Gasteiger charge is -2.26. The Morgan fingerprint density at radius 2 is 0.724 bits per heavy atom. The highest BCUT2D eigenvalue weighted by atomic mass is 16.5. The predicted molar refractivity (Wildman–Crippen MR) is 449 cm³/mol. The Bertz CT molecular complexity index is 3250. The van der Waals surface area contributed by atoms with Crippen molar-refractivity contribution in [3.05, 3.63) is 192 Å². The highest BCUT2D eigenvalue weighted by molar-refractivity contribution is 5.70. The summed E-state index contributed by atoms with van der Waals surface area (Å²) in [5.74, 6) is -1.65. The number of allylic oxidation sites excluding steroid dienone is 8. The van der Waals surface area contributed by atoms with Crippen LogP contribution in [0.3, 0.4) is 0 Å². The third-order valence-corrected chi connectivity index (χ3v) is 23.8. The van der Waals surface area contributed by atoms with Gasteiger partial charge in [-0.1, -0.05) is 170 Å². The number of ether oxygens (including phenoxy) is 2. The first kappa shape index (κ1) is 102. The molecular formula is C95H142O21-2. The Morgan fingerprint density at radius 1 is 0.414 bits per heavy atom. The van der Waals surface area contributed by atoms with Crippen LogP contribution < -0.4 is 0 Å². The minimum absolute atomic E-state index is 0. The number of unbranched alkanes of at least 4 members (excludes halogenated alkanes) is 3. The normalized spacial score (nSPS) is 26.3. The van der Waals surface area contributed by atoms with E-state index in [2.05, 4.69) is 66.8 Å². The summed E-state index contributed by atoms with van der Waals surface area (Å²) < 4.78 is 10.8. The maximum absolute atomic E-state index is 12.0. The lowest BCUT2D eigenvalue weighted by Crippen LogP contribution is -2.26. The van der Waals surface area contributed by atoms with Crippen LogP contribution in [-0.2, 0) is 54.3 Å². The highest BCUT2D eigenvalue weighted by Gasteiger charge is 2.45. The van der Waals surface area contributed by atoms with Crippen LogP contribution in [0.25, 0.3) is 0 Å². The molecule has 4 saturated carbocycles. The molecule has 0 saturated heterocycles. The lowest BCUT2D eigenvalue weighted by atomic mass is 9.85. The summed E-state index contributed by atoms with van der Waals surface area (Å²) in [6.45, 7) is 3.69. The van der Waals surface area contributed by atoms with Crippen LogP contribution in [0.5, 0.6) is 0 Å². The Kier molecular flexibility index (Phi) is 50.9. The number of carbonyl (C=O) groups excluding carboxylic acids is 2. The number of aryl methyl sites for hydroxylation is 4. The number of carboxylic acids is 2. The van der Waals surface area contributed by atoms with Crippen LogP contribution in [0.2, 0.25) is 0 Å². The number of aliphatic hydroxyl groups excluding tert-OH is 11. The molecule has 0 radical (unpaired) electrons. The van der Waals surface area contributed by atoms with Crippen molar-refractivity contribution in [2.75, 3.05) is 0 Å². The number of carbonyl (C=O) groups is 4. The van der Waals surface area contributed by atoms with E-state index >= 15 is 0 Å². The van der Waals surface area contributed by atoms with Crippen LogP contribution in [0, 0.1) is 47.3 Å². The summed E-state index contributed by atoms with van der Waals surface area (Å²) >= 11 is 0. The first-order valence-electron chi connectivity index (χ1n) is 43.0. The number of rotatable bonds is 43. The van der Waals surface area contributed by atoms with E-state index < -0.39 is 73.0 Å². The van der Waals surface area contributed by atoms with Crippen molar-refractivity contribution >= 4 is 23.9 Å². The molecule has 1 aliphatic heterocycles. The van der Waals surface area contributed by atoms with Crippen molar-refractivity contribution in [3.8, 4) is 0 Å². The minimum atomic E-state index is -0.784. The van der Waals surface area contributed by atoms with Gasteiger partial charge in [-0.05, 0) is 277 Å². The van der Waals surface area contributed by atoms with Crippen LogP contribution in [0.15, 0.2) is 170 Å². The van der Waals surface area contributed by atoms with Crippen molar-refractivity contribution in [3.63, 3.8) is 0 Å². The summed E-state index contributed by atoms with van der Waals surface area (Å²) in [6, 6.07) is 40.5. The zero-order chi connectivity index (χ0) is 82.4. The highest BCUT2D eigenvalue weighted by Crippen LogP contribution is 2.43. The molecule has 116 heavy (non-hydrogen) atoms. The second-order valence-corrected chi connectivity index (χ2v) is 33.0. The molecule has 4 fully saturated rings. The zero-order valence-electron chi connectivity index (χ0n) is 68.9. The van der Waals surface area contributed by atoms with E-state index in [0.29, 0.717) is 148 Å². The third-order valence-electron chi connectivity index (χ3n) is 23.8. The molecule has 0 aromatic heterocycles. The van der Waals surface area contributed by atoms with Crippen LogP contribution in [-0.4, -0.2) is 181 Å². The van der Waals surface area contributed by atoms with Gasteiger partial charge in [0.2, 0.25) is 0 Å². The fourth-order valence-electron chi connectivity index (χ4n) is 17.3. The van der Waals surface area contributed by atoms with E-state index in [9.17, 15) is 75.3 Å². The fourth-order valence-corrected chi connectivity index (χ4v) is 17.3. The van der Waals surface area contributed by atoms with Crippen molar-refractivity contribution < 1.29 is 106 Å². The molecule has 4 aromatic rings. The second kappa shape index (κ2) is 58.2. The number of hydrogen-bond acceptors (Lipinski definition) is 19. The topological polar surface area (TPSA) is 410 Å². The molecule has 650 valence electrons. The van der Waals surface area contributed by atoms with Gasteiger partial charge in [0.1, 0.15) is 6.10 Å². The first-order chi connectivity index (χ1) is 54.9. The molecule has 0 spiro atoms. The Morgan fingerprint density at radius 3 is 1.05 bits per heavy atom. The lowest BCUT2D eigenvalue weighted by molar-refractivity contribution is -0.151. The van der Waals surface area contributed by atoms with Crippen LogP contribution >= 0.6 is 0 Å². The van der Waals surface area contributed by atoms with Gasteiger partial charge in [0.15, 0.2) is 0 Å². The van der Waals surface area contributed by atoms with E-state index in [1.165, 1.54) is 22.3 Å². The van der Waals surface area contributed by atoms with Gasteiger partial charge in [0, 0.05) is 38.0 Å². The van der Waals surface area contributed by atoms with Gasteiger partial charge < -0.3 is 86.8 Å². The molecule has 9 rings (SSSR count). The summed E-state index contributed by atoms with van der Waals surface area (Å²) in [4.78, 5) is 44.5. The summed E-state index contributed by atoms with van der Waals surface area (Å²) in [5, 5.41) is 131. The molecule has 20 atom stereocenters. The Labute approximate surface area is 690 Å². The number of benzene rings is 4. The average molecular weight is 1620 g/mol. The standard InChI is InChI=1S/C26H40O5.2C23H34O5.C23H32O4.2H2O/c1-19(2)31-26(30)13-9-4-3-8-12-22-23(25(29)18-24(22)28)17-16-21(27)15-14-20-10-6-5-7-11-20;2*24-18(13-12-17-8-4-3-5-9-17)14-15-20-19(21(25)16-22(20)26)10-6-1-2-7-11-23(27)28;24-18(13-12-17-8-4-3-5-9-17)14-15-19-20-10-6-1-2-7-11-23(26)27-22(20)16-21(19)25;;/h3,5-8,10-11,19,21-25,27-29H,4,9,12-18H2,1-2H3;2*1,3-6,8-9,18-22,24-26H,2,7,10-16H2,(H,27,28);1,3-6,8-9,18-22,24-25H,2,7,10-16H2;2*1H2/p-2/b8-3-;3*6-1-;;/t21-,22+,23+,24-,25+;2*18-,19+,20+,21-,22+;18-,19+,20+,21+,22-;;/m0000../s1. The largest absolute Gasteiger partial charge is 0.870 e. The molecule has 15 N–H and O–H groups in total. The zero-order valence-corrected chi connectivity index (χ0v) is 68.9. The van der Waals surface area contributed by atoms with Crippen molar-refractivity contribution in [2.45, 2.75) is 324 Å². The van der Waals surface area contributed by atoms with Crippen molar-refractivity contribution in [1.29, 1.82) is 0 Å². The number of carboxylic acid groups (broad SMARTS) is 2. The van der Waals surface area contributed by atoms with E-state index in [-0.39, 0.29) is 101 Å². The van der Waals surface area contributed by atoms with Crippen molar-refractivity contribution in [1.82, 2.24) is 0 Å².